The van der Waals surface area contributed by atoms with Gasteiger partial charge in [0.05, 0.1) is 24.8 Å². The molecule has 3 rings (SSSR count). The van der Waals surface area contributed by atoms with Crippen molar-refractivity contribution in [2.75, 3.05) is 7.11 Å². The van der Waals surface area contributed by atoms with Crippen LogP contribution in [-0.2, 0) is 16.2 Å². The van der Waals surface area contributed by atoms with Crippen LogP contribution in [0.4, 0.5) is 4.39 Å². The number of thioether (sulfide) groups is 1. The predicted octanol–water partition coefficient (Wildman–Crippen LogP) is 3.46. The fourth-order valence-corrected chi connectivity index (χ4v) is 3.71. The summed E-state index contributed by atoms with van der Waals surface area (Å²) in [5, 5.41) is 18.9. The third-order valence-corrected chi connectivity index (χ3v) is 5.50. The number of amides is 1. The highest BCUT2D eigenvalue weighted by atomic mass is 35.5. The van der Waals surface area contributed by atoms with Crippen molar-refractivity contribution in [3.05, 3.63) is 58.4 Å². The number of nitrogens with zero attached hydrogens (tertiary/aromatic N) is 2. The molecule has 0 radical (unpaired) electrons. The Balaban J connectivity index is 1.68. The molecule has 0 spiro atoms. The number of aliphatic carboxylic acids is 1. The molecular weight excluding hydrogens is 449 g/mol. The van der Waals surface area contributed by atoms with Crippen LogP contribution in [-0.4, -0.2) is 40.7 Å². The molecule has 2 aromatic rings. The molecule has 162 valence electrons. The van der Waals surface area contributed by atoms with E-state index in [0.717, 1.165) is 11.8 Å². The highest BCUT2D eigenvalue weighted by molar-refractivity contribution is 8.15. The van der Waals surface area contributed by atoms with Crippen molar-refractivity contribution < 1.29 is 28.6 Å². The number of nitrogens with one attached hydrogen (secondary N) is 1. The van der Waals surface area contributed by atoms with E-state index in [1.165, 1.54) is 31.5 Å². The van der Waals surface area contributed by atoms with E-state index < -0.39 is 22.9 Å². The van der Waals surface area contributed by atoms with Gasteiger partial charge in [-0.1, -0.05) is 29.4 Å². The van der Waals surface area contributed by atoms with Crippen LogP contribution in [0.1, 0.15) is 17.5 Å². The molecule has 1 atom stereocenters. The SMILES string of the molecule is COc1ccc(C=NN=C2NC(=O)C(CC(=O)O)S2)cc1OCc1ccc(F)cc1Cl. The zero-order chi connectivity index (χ0) is 22.4. The van der Waals surface area contributed by atoms with E-state index in [0.29, 0.717) is 22.6 Å². The zero-order valence-electron chi connectivity index (χ0n) is 16.2. The fourth-order valence-electron chi connectivity index (χ4n) is 2.57. The zero-order valence-corrected chi connectivity index (χ0v) is 17.7. The van der Waals surface area contributed by atoms with E-state index in [9.17, 15) is 14.0 Å². The molecule has 8 nitrogen and oxygen atoms in total. The summed E-state index contributed by atoms with van der Waals surface area (Å²) in [4.78, 5) is 22.5. The lowest BCUT2D eigenvalue weighted by molar-refractivity contribution is -0.138. The first kappa shape index (κ1) is 22.6. The van der Waals surface area contributed by atoms with E-state index in [1.807, 2.05) is 0 Å². The van der Waals surface area contributed by atoms with Crippen LogP contribution in [0.25, 0.3) is 0 Å². The molecular formula is C20H17ClFN3O5S. The van der Waals surface area contributed by atoms with E-state index in [4.69, 9.17) is 26.2 Å². The Bertz CT molecular complexity index is 1060. The second-order valence-corrected chi connectivity index (χ2v) is 7.88. The van der Waals surface area contributed by atoms with Gasteiger partial charge in [-0.05, 0) is 35.9 Å². The Morgan fingerprint density at radius 2 is 2.13 bits per heavy atom. The molecule has 1 aliphatic heterocycles. The van der Waals surface area contributed by atoms with Gasteiger partial charge >= 0.3 is 5.97 Å². The van der Waals surface area contributed by atoms with Crippen molar-refractivity contribution in [3.63, 3.8) is 0 Å². The van der Waals surface area contributed by atoms with Gasteiger partial charge in [-0.25, -0.2) is 4.39 Å². The van der Waals surface area contributed by atoms with Crippen molar-refractivity contribution in [3.8, 4) is 11.5 Å². The molecule has 1 saturated heterocycles. The minimum atomic E-state index is -1.06. The molecule has 1 amide bonds. The van der Waals surface area contributed by atoms with Gasteiger partial charge < -0.3 is 19.9 Å². The van der Waals surface area contributed by atoms with Crippen molar-refractivity contribution >= 4 is 46.6 Å². The molecule has 0 bridgehead atoms. The van der Waals surface area contributed by atoms with Gasteiger partial charge in [0.1, 0.15) is 17.7 Å². The standard InChI is InChI=1S/C20H17ClFN3O5S/c1-29-15-5-2-11(6-16(15)30-10-12-3-4-13(22)7-14(12)21)9-23-25-20-24-19(28)17(31-20)8-18(26)27/h2-7,9,17H,8,10H2,1H3,(H,26,27)(H,24,25,28). The van der Waals surface area contributed by atoms with Gasteiger partial charge in [0.25, 0.3) is 0 Å². The molecule has 31 heavy (non-hydrogen) atoms. The van der Waals surface area contributed by atoms with Crippen molar-refractivity contribution in [1.29, 1.82) is 0 Å². The summed E-state index contributed by atoms with van der Waals surface area (Å²) >= 11 is 7.04. The van der Waals surface area contributed by atoms with Gasteiger partial charge in [0.2, 0.25) is 5.91 Å². The molecule has 11 heteroatoms. The van der Waals surface area contributed by atoms with Crippen molar-refractivity contribution in [2.45, 2.75) is 18.3 Å². The number of hydrogen-bond acceptors (Lipinski definition) is 7. The lowest BCUT2D eigenvalue weighted by atomic mass is 10.2. The third-order valence-electron chi connectivity index (χ3n) is 4.08. The molecule has 0 aliphatic carbocycles. The molecule has 1 unspecified atom stereocenters. The van der Waals surface area contributed by atoms with Gasteiger partial charge in [0.15, 0.2) is 16.7 Å². The van der Waals surface area contributed by atoms with E-state index in [1.54, 1.807) is 18.2 Å². The van der Waals surface area contributed by atoms with Crippen LogP contribution in [0.15, 0.2) is 46.6 Å². The smallest absolute Gasteiger partial charge is 0.305 e. The van der Waals surface area contributed by atoms with Crippen LogP contribution in [0.5, 0.6) is 11.5 Å². The topological polar surface area (TPSA) is 110 Å². The summed E-state index contributed by atoms with van der Waals surface area (Å²) in [7, 11) is 1.50. The lowest BCUT2D eigenvalue weighted by Gasteiger charge is -2.12. The van der Waals surface area contributed by atoms with Crippen LogP contribution in [0.2, 0.25) is 5.02 Å². The van der Waals surface area contributed by atoms with Crippen LogP contribution in [0, 0.1) is 5.82 Å². The number of halogens is 2. The Kier molecular flexibility index (Phi) is 7.48. The van der Waals surface area contributed by atoms with Crippen LogP contribution >= 0.6 is 23.4 Å². The van der Waals surface area contributed by atoms with Crippen LogP contribution < -0.4 is 14.8 Å². The Morgan fingerprint density at radius 3 is 2.84 bits per heavy atom. The Labute approximate surface area is 186 Å². The normalized spacial score (nSPS) is 17.2. The number of hydrogen-bond donors (Lipinski definition) is 2. The summed E-state index contributed by atoms with van der Waals surface area (Å²) in [5.74, 6) is -1.01. The minimum Gasteiger partial charge on any atom is -0.493 e. The van der Waals surface area contributed by atoms with Gasteiger partial charge in [-0.15, -0.1) is 5.10 Å². The van der Waals surface area contributed by atoms with Gasteiger partial charge in [-0.3, -0.25) is 9.59 Å². The number of ether oxygens (including phenoxy) is 2. The maximum atomic E-state index is 13.2. The number of amidine groups is 1. The minimum absolute atomic E-state index is 0.103. The summed E-state index contributed by atoms with van der Waals surface area (Å²) < 4.78 is 24.3. The quantitative estimate of drug-likeness (QED) is 0.456. The highest BCUT2D eigenvalue weighted by Crippen LogP contribution is 2.29. The summed E-state index contributed by atoms with van der Waals surface area (Å²) in [6, 6.07) is 9.13. The first-order chi connectivity index (χ1) is 14.9. The summed E-state index contributed by atoms with van der Waals surface area (Å²) in [6.45, 7) is 0.103. The molecule has 2 N–H and O–H groups in total. The van der Waals surface area contributed by atoms with Crippen molar-refractivity contribution in [1.82, 2.24) is 5.32 Å². The molecule has 2 aromatic carbocycles. The Morgan fingerprint density at radius 1 is 1.32 bits per heavy atom. The number of carboxylic acids is 1. The third kappa shape index (κ3) is 6.19. The average Bonchev–Trinajstić information content (AvgIpc) is 3.06. The predicted molar refractivity (Wildman–Crippen MR) is 116 cm³/mol. The molecule has 0 aromatic heterocycles. The number of carbonyl (C=O) groups excluding carboxylic acids is 1. The number of carboxylic acid groups (broad SMARTS) is 1. The largest absolute Gasteiger partial charge is 0.493 e. The van der Waals surface area contributed by atoms with Crippen LogP contribution in [0.3, 0.4) is 0 Å². The molecule has 1 heterocycles. The number of rotatable bonds is 8. The maximum Gasteiger partial charge on any atom is 0.305 e. The van der Waals surface area contributed by atoms with Crippen molar-refractivity contribution in [2.24, 2.45) is 10.2 Å². The lowest BCUT2D eigenvalue weighted by Crippen LogP contribution is -2.26. The Hall–Kier alpha value is -3.11. The summed E-state index contributed by atoms with van der Waals surface area (Å²) in [5.41, 5.74) is 1.25. The van der Waals surface area contributed by atoms with E-state index in [-0.39, 0.29) is 23.2 Å². The average molecular weight is 466 g/mol. The number of benzene rings is 2. The molecule has 0 saturated carbocycles. The van der Waals surface area contributed by atoms with E-state index >= 15 is 0 Å². The fraction of sp³-hybridized carbons (Fsp3) is 0.200. The molecule has 1 aliphatic rings. The number of methoxy groups -OCH3 is 1. The highest BCUT2D eigenvalue weighted by Gasteiger charge is 2.32. The van der Waals surface area contributed by atoms with Gasteiger partial charge in [-0.2, -0.15) is 5.10 Å². The first-order valence-electron chi connectivity index (χ1n) is 8.91. The van der Waals surface area contributed by atoms with Gasteiger partial charge in [0, 0.05) is 5.56 Å². The van der Waals surface area contributed by atoms with E-state index in [2.05, 4.69) is 15.5 Å². The summed E-state index contributed by atoms with van der Waals surface area (Å²) in [6.07, 6.45) is 1.15. The second-order valence-electron chi connectivity index (χ2n) is 6.28. The first-order valence-corrected chi connectivity index (χ1v) is 10.2. The number of carbonyl (C=O) groups is 2. The monoisotopic (exact) mass is 465 g/mol. The molecule has 1 fully saturated rings. The maximum absolute atomic E-state index is 13.2. The second kappa shape index (κ2) is 10.3.